The van der Waals surface area contributed by atoms with Crippen molar-refractivity contribution in [3.8, 4) is 0 Å². The van der Waals surface area contributed by atoms with Gasteiger partial charge in [-0.3, -0.25) is 0 Å². The number of aliphatic hydroxyl groups excluding tert-OH is 2. The standard InChI is InChI=1S/C12H22O2/c1-2-3-4-7-12(8-5-10-13)9-6-11-14/h2,5,8,12-14H,1,3-4,6-7,9-11H2/b8-5+/t12-/m1/s1. The van der Waals surface area contributed by atoms with E-state index in [1.807, 2.05) is 6.08 Å². The lowest BCUT2D eigenvalue weighted by molar-refractivity contribution is 0.275. The first-order chi connectivity index (χ1) is 6.85. The molecule has 2 heteroatoms. The minimum Gasteiger partial charge on any atom is -0.396 e. The van der Waals surface area contributed by atoms with Crippen molar-refractivity contribution in [1.29, 1.82) is 0 Å². The summed E-state index contributed by atoms with van der Waals surface area (Å²) in [4.78, 5) is 0. The lowest BCUT2D eigenvalue weighted by Gasteiger charge is -2.10. The summed E-state index contributed by atoms with van der Waals surface area (Å²) in [5, 5.41) is 17.4. The minimum absolute atomic E-state index is 0.108. The number of allylic oxidation sites excluding steroid dienone is 2. The highest BCUT2D eigenvalue weighted by molar-refractivity contribution is 4.88. The van der Waals surface area contributed by atoms with Gasteiger partial charge in [0.1, 0.15) is 0 Å². The highest BCUT2D eigenvalue weighted by atomic mass is 16.3. The first kappa shape index (κ1) is 13.4. The molecule has 0 saturated heterocycles. The molecule has 0 fully saturated rings. The van der Waals surface area contributed by atoms with Gasteiger partial charge in [0.2, 0.25) is 0 Å². The highest BCUT2D eigenvalue weighted by Gasteiger charge is 2.03. The summed E-state index contributed by atoms with van der Waals surface area (Å²) < 4.78 is 0. The maximum atomic E-state index is 8.72. The van der Waals surface area contributed by atoms with Crippen molar-refractivity contribution in [3.05, 3.63) is 24.8 Å². The van der Waals surface area contributed by atoms with Crippen LogP contribution in [0.5, 0.6) is 0 Å². The van der Waals surface area contributed by atoms with Crippen LogP contribution in [0.1, 0.15) is 32.1 Å². The van der Waals surface area contributed by atoms with Crippen LogP contribution in [0.4, 0.5) is 0 Å². The Morgan fingerprint density at radius 1 is 1.14 bits per heavy atom. The van der Waals surface area contributed by atoms with Crippen LogP contribution < -0.4 is 0 Å². The van der Waals surface area contributed by atoms with Crippen LogP contribution >= 0.6 is 0 Å². The molecule has 0 saturated carbocycles. The van der Waals surface area contributed by atoms with Crippen molar-refractivity contribution >= 4 is 0 Å². The zero-order valence-corrected chi connectivity index (χ0v) is 8.86. The van der Waals surface area contributed by atoms with E-state index in [-0.39, 0.29) is 13.2 Å². The predicted molar refractivity (Wildman–Crippen MR) is 60.1 cm³/mol. The van der Waals surface area contributed by atoms with Gasteiger partial charge in [-0.2, -0.15) is 0 Å². The van der Waals surface area contributed by atoms with E-state index in [0.717, 1.165) is 32.1 Å². The first-order valence-corrected chi connectivity index (χ1v) is 5.34. The summed E-state index contributed by atoms with van der Waals surface area (Å²) in [5.41, 5.74) is 0. The van der Waals surface area contributed by atoms with E-state index >= 15 is 0 Å². The van der Waals surface area contributed by atoms with Crippen molar-refractivity contribution in [2.75, 3.05) is 13.2 Å². The van der Waals surface area contributed by atoms with Gasteiger partial charge in [0, 0.05) is 6.61 Å². The number of hydrogen-bond acceptors (Lipinski definition) is 2. The fourth-order valence-electron chi connectivity index (χ4n) is 1.47. The van der Waals surface area contributed by atoms with Gasteiger partial charge in [0.05, 0.1) is 6.61 Å². The summed E-state index contributed by atoms with van der Waals surface area (Å²) >= 11 is 0. The molecule has 0 aliphatic heterocycles. The molecule has 0 rings (SSSR count). The van der Waals surface area contributed by atoms with E-state index in [4.69, 9.17) is 10.2 Å². The fraction of sp³-hybridized carbons (Fsp3) is 0.667. The SMILES string of the molecule is C=CCCC[C@H](/C=C/CO)CCCO. The highest BCUT2D eigenvalue weighted by Crippen LogP contribution is 2.16. The van der Waals surface area contributed by atoms with E-state index in [1.165, 1.54) is 0 Å². The molecule has 1 atom stereocenters. The smallest absolute Gasteiger partial charge is 0.0612 e. The monoisotopic (exact) mass is 198 g/mol. The van der Waals surface area contributed by atoms with E-state index in [1.54, 1.807) is 6.08 Å². The topological polar surface area (TPSA) is 40.5 Å². The van der Waals surface area contributed by atoms with E-state index in [0.29, 0.717) is 5.92 Å². The molecule has 2 N–H and O–H groups in total. The predicted octanol–water partition coefficient (Wildman–Crippen LogP) is 2.28. The van der Waals surface area contributed by atoms with Crippen molar-refractivity contribution in [2.45, 2.75) is 32.1 Å². The maximum Gasteiger partial charge on any atom is 0.0612 e. The fourth-order valence-corrected chi connectivity index (χ4v) is 1.47. The van der Waals surface area contributed by atoms with Gasteiger partial charge < -0.3 is 10.2 Å². The maximum absolute atomic E-state index is 8.72. The Kier molecular flexibility index (Phi) is 10.0. The van der Waals surface area contributed by atoms with Gasteiger partial charge in [-0.1, -0.05) is 18.2 Å². The molecule has 0 amide bonds. The molecular weight excluding hydrogens is 176 g/mol. The molecule has 82 valence electrons. The van der Waals surface area contributed by atoms with Crippen LogP contribution in [-0.4, -0.2) is 23.4 Å². The third-order valence-electron chi connectivity index (χ3n) is 2.23. The van der Waals surface area contributed by atoms with Crippen molar-refractivity contribution in [2.24, 2.45) is 5.92 Å². The quantitative estimate of drug-likeness (QED) is 0.441. The second-order valence-corrected chi connectivity index (χ2v) is 3.46. The molecule has 0 spiro atoms. The van der Waals surface area contributed by atoms with Crippen LogP contribution in [-0.2, 0) is 0 Å². The second-order valence-electron chi connectivity index (χ2n) is 3.46. The molecule has 0 unspecified atom stereocenters. The van der Waals surface area contributed by atoms with E-state index < -0.39 is 0 Å². The average Bonchev–Trinajstić information content (AvgIpc) is 2.21. The normalized spacial score (nSPS) is 13.3. The lowest BCUT2D eigenvalue weighted by atomic mass is 9.96. The Hall–Kier alpha value is -0.600. The van der Waals surface area contributed by atoms with Crippen LogP contribution in [0.3, 0.4) is 0 Å². The zero-order valence-electron chi connectivity index (χ0n) is 8.86. The summed E-state index contributed by atoms with van der Waals surface area (Å²) in [6.45, 7) is 4.05. The van der Waals surface area contributed by atoms with Gasteiger partial charge in [0.15, 0.2) is 0 Å². The molecular formula is C12H22O2. The molecule has 0 aromatic rings. The molecule has 0 aliphatic carbocycles. The Morgan fingerprint density at radius 3 is 2.43 bits per heavy atom. The Balaban J connectivity index is 3.71. The summed E-state index contributed by atoms with van der Waals surface area (Å²) in [5.74, 6) is 0.495. The lowest BCUT2D eigenvalue weighted by Crippen LogP contribution is -1.99. The average molecular weight is 198 g/mol. The molecule has 0 heterocycles. The number of aliphatic hydroxyl groups is 2. The number of hydrogen-bond donors (Lipinski definition) is 2. The molecule has 0 aromatic carbocycles. The van der Waals surface area contributed by atoms with Gasteiger partial charge in [-0.05, 0) is 38.0 Å². The molecule has 14 heavy (non-hydrogen) atoms. The third-order valence-corrected chi connectivity index (χ3v) is 2.23. The number of unbranched alkanes of at least 4 members (excludes halogenated alkanes) is 1. The Labute approximate surface area is 87.0 Å². The van der Waals surface area contributed by atoms with Gasteiger partial charge in [-0.25, -0.2) is 0 Å². The van der Waals surface area contributed by atoms with Crippen LogP contribution in [0.25, 0.3) is 0 Å². The van der Waals surface area contributed by atoms with E-state index in [2.05, 4.69) is 12.7 Å². The Morgan fingerprint density at radius 2 is 1.86 bits per heavy atom. The second kappa shape index (κ2) is 10.5. The number of rotatable bonds is 9. The van der Waals surface area contributed by atoms with Crippen LogP contribution in [0.15, 0.2) is 24.8 Å². The van der Waals surface area contributed by atoms with Crippen molar-refractivity contribution in [1.82, 2.24) is 0 Å². The molecule has 0 aliphatic rings. The van der Waals surface area contributed by atoms with Gasteiger partial charge in [0.25, 0.3) is 0 Å². The zero-order chi connectivity index (χ0) is 10.6. The third kappa shape index (κ3) is 8.02. The first-order valence-electron chi connectivity index (χ1n) is 5.34. The van der Waals surface area contributed by atoms with Crippen LogP contribution in [0.2, 0.25) is 0 Å². The van der Waals surface area contributed by atoms with Gasteiger partial charge >= 0.3 is 0 Å². The van der Waals surface area contributed by atoms with Crippen molar-refractivity contribution < 1.29 is 10.2 Å². The summed E-state index contributed by atoms with van der Waals surface area (Å²) in [6, 6.07) is 0. The minimum atomic E-state index is 0.108. The summed E-state index contributed by atoms with van der Waals surface area (Å²) in [7, 11) is 0. The largest absolute Gasteiger partial charge is 0.396 e. The molecule has 0 radical (unpaired) electrons. The van der Waals surface area contributed by atoms with Gasteiger partial charge in [-0.15, -0.1) is 6.58 Å². The Bertz CT molecular complexity index is 152. The molecule has 0 aromatic heterocycles. The molecule has 2 nitrogen and oxygen atoms in total. The van der Waals surface area contributed by atoms with Crippen molar-refractivity contribution in [3.63, 3.8) is 0 Å². The summed E-state index contributed by atoms with van der Waals surface area (Å²) in [6.07, 6.45) is 10.9. The van der Waals surface area contributed by atoms with E-state index in [9.17, 15) is 0 Å². The molecule has 0 bridgehead atoms. The van der Waals surface area contributed by atoms with Crippen LogP contribution in [0, 0.1) is 5.92 Å².